The highest BCUT2D eigenvalue weighted by Crippen LogP contribution is 2.19. The van der Waals surface area contributed by atoms with E-state index in [9.17, 15) is 0 Å². The van der Waals surface area contributed by atoms with E-state index in [2.05, 4.69) is 26.6 Å². The number of rotatable bonds is 3. The Kier molecular flexibility index (Phi) is 3.17. The van der Waals surface area contributed by atoms with Gasteiger partial charge >= 0.3 is 0 Å². The molecule has 0 aliphatic heterocycles. The summed E-state index contributed by atoms with van der Waals surface area (Å²) in [5.41, 5.74) is 5.05. The molecule has 0 unspecified atom stereocenters. The lowest BCUT2D eigenvalue weighted by Crippen LogP contribution is -2.07. The lowest BCUT2D eigenvalue weighted by molar-refractivity contribution is 0.640. The molecule has 3 rings (SSSR count). The lowest BCUT2D eigenvalue weighted by atomic mass is 10.3. The van der Waals surface area contributed by atoms with Crippen LogP contribution in [-0.4, -0.2) is 24.3 Å². The molecule has 0 amide bonds. The van der Waals surface area contributed by atoms with Crippen LogP contribution < -0.4 is 0 Å². The predicted molar refractivity (Wildman–Crippen MR) is 81.4 cm³/mol. The molecule has 0 saturated carbocycles. The van der Waals surface area contributed by atoms with Crippen molar-refractivity contribution in [3.8, 4) is 0 Å². The standard InChI is InChI=1S/C14H17N5S/c1-4-19-13-12(10(3)17-19)16-14(20)18(13)8-11-7-5-6-9(2)15-11/h5-7H,4,8H2,1-3H3,(H,16,20). The first-order valence-corrected chi connectivity index (χ1v) is 7.09. The highest BCUT2D eigenvalue weighted by Gasteiger charge is 2.14. The van der Waals surface area contributed by atoms with Gasteiger partial charge < -0.3 is 4.98 Å². The first-order chi connectivity index (χ1) is 9.60. The van der Waals surface area contributed by atoms with Gasteiger partial charge in [0.1, 0.15) is 5.52 Å². The Morgan fingerprint density at radius 3 is 2.80 bits per heavy atom. The molecule has 3 aromatic heterocycles. The second-order valence-electron chi connectivity index (χ2n) is 4.89. The number of H-pyrrole nitrogens is 1. The molecule has 3 aromatic rings. The van der Waals surface area contributed by atoms with Gasteiger partial charge in [-0.15, -0.1) is 0 Å². The zero-order valence-electron chi connectivity index (χ0n) is 11.8. The van der Waals surface area contributed by atoms with Gasteiger partial charge in [0, 0.05) is 12.2 Å². The van der Waals surface area contributed by atoms with E-state index in [1.54, 1.807) is 0 Å². The van der Waals surface area contributed by atoms with Crippen LogP contribution in [0.15, 0.2) is 18.2 Å². The number of nitrogens with one attached hydrogen (secondary N) is 1. The Morgan fingerprint density at radius 1 is 1.30 bits per heavy atom. The van der Waals surface area contributed by atoms with Crippen LogP contribution >= 0.6 is 12.2 Å². The smallest absolute Gasteiger partial charge is 0.179 e. The number of fused-ring (bicyclic) bond motifs is 1. The summed E-state index contributed by atoms with van der Waals surface area (Å²) in [7, 11) is 0. The molecular weight excluding hydrogens is 270 g/mol. The van der Waals surface area contributed by atoms with Crippen LogP contribution in [0.1, 0.15) is 24.0 Å². The fourth-order valence-electron chi connectivity index (χ4n) is 2.48. The summed E-state index contributed by atoms with van der Waals surface area (Å²) in [6, 6.07) is 6.04. The lowest BCUT2D eigenvalue weighted by Gasteiger charge is -2.06. The second kappa shape index (κ2) is 4.86. The SMILES string of the molecule is CCn1nc(C)c2[nH]c(=S)n(Cc3cccc(C)n3)c21. The molecule has 0 atom stereocenters. The number of aryl methyl sites for hydroxylation is 3. The zero-order chi connectivity index (χ0) is 14.3. The van der Waals surface area contributed by atoms with Crippen molar-refractivity contribution in [2.45, 2.75) is 33.9 Å². The summed E-state index contributed by atoms with van der Waals surface area (Å²) >= 11 is 5.44. The predicted octanol–water partition coefficient (Wildman–Crippen LogP) is 2.98. The Balaban J connectivity index is 2.16. The summed E-state index contributed by atoms with van der Waals surface area (Å²) < 4.78 is 4.76. The Morgan fingerprint density at radius 2 is 2.10 bits per heavy atom. The van der Waals surface area contributed by atoms with Gasteiger partial charge in [0.15, 0.2) is 10.4 Å². The third-order valence-corrected chi connectivity index (χ3v) is 3.72. The van der Waals surface area contributed by atoms with E-state index in [-0.39, 0.29) is 0 Å². The van der Waals surface area contributed by atoms with Crippen LogP contribution in [-0.2, 0) is 13.1 Å². The van der Waals surface area contributed by atoms with E-state index < -0.39 is 0 Å². The normalized spacial score (nSPS) is 11.3. The van der Waals surface area contributed by atoms with E-state index in [1.165, 1.54) is 0 Å². The topological polar surface area (TPSA) is 51.4 Å². The van der Waals surface area contributed by atoms with Gasteiger partial charge in [-0.3, -0.25) is 9.55 Å². The number of aromatic amines is 1. The van der Waals surface area contributed by atoms with Crippen molar-refractivity contribution in [3.05, 3.63) is 40.1 Å². The van der Waals surface area contributed by atoms with Crippen molar-refractivity contribution >= 4 is 23.4 Å². The van der Waals surface area contributed by atoms with Crippen LogP contribution in [0.5, 0.6) is 0 Å². The minimum Gasteiger partial charge on any atom is -0.328 e. The molecule has 1 N–H and O–H groups in total. The molecule has 0 fully saturated rings. The molecule has 0 bridgehead atoms. The van der Waals surface area contributed by atoms with Gasteiger partial charge in [-0.2, -0.15) is 5.10 Å². The molecule has 5 nitrogen and oxygen atoms in total. The summed E-state index contributed by atoms with van der Waals surface area (Å²) in [5.74, 6) is 0. The number of pyridine rings is 1. The second-order valence-corrected chi connectivity index (χ2v) is 5.27. The van der Waals surface area contributed by atoms with Gasteiger partial charge in [0.25, 0.3) is 0 Å². The quantitative estimate of drug-likeness (QED) is 0.753. The molecule has 104 valence electrons. The van der Waals surface area contributed by atoms with Gasteiger partial charge in [-0.1, -0.05) is 6.07 Å². The number of nitrogens with zero attached hydrogens (tertiary/aromatic N) is 4. The maximum Gasteiger partial charge on any atom is 0.179 e. The molecule has 3 heterocycles. The van der Waals surface area contributed by atoms with Crippen molar-refractivity contribution < 1.29 is 0 Å². The summed E-state index contributed by atoms with van der Waals surface area (Å²) in [4.78, 5) is 7.80. The largest absolute Gasteiger partial charge is 0.328 e. The van der Waals surface area contributed by atoms with Crippen LogP contribution in [0, 0.1) is 18.6 Å². The van der Waals surface area contributed by atoms with Gasteiger partial charge in [0.2, 0.25) is 0 Å². The summed E-state index contributed by atoms with van der Waals surface area (Å²) in [6.07, 6.45) is 0. The number of hydrogen-bond acceptors (Lipinski definition) is 3. The van der Waals surface area contributed by atoms with Crippen LogP contribution in [0.4, 0.5) is 0 Å². The van der Waals surface area contributed by atoms with E-state index in [0.29, 0.717) is 11.3 Å². The third-order valence-electron chi connectivity index (χ3n) is 3.40. The molecule has 0 radical (unpaired) electrons. The van der Waals surface area contributed by atoms with E-state index >= 15 is 0 Å². The third kappa shape index (κ3) is 2.06. The van der Waals surface area contributed by atoms with E-state index in [4.69, 9.17) is 12.2 Å². The number of hydrogen-bond donors (Lipinski definition) is 1. The fraction of sp³-hybridized carbons (Fsp3) is 0.357. The van der Waals surface area contributed by atoms with Crippen molar-refractivity contribution in [3.63, 3.8) is 0 Å². The highest BCUT2D eigenvalue weighted by atomic mass is 32.1. The minimum atomic E-state index is 0.658. The molecule has 6 heteroatoms. The Labute approximate surface area is 122 Å². The Hall–Kier alpha value is -1.95. The van der Waals surface area contributed by atoms with Crippen molar-refractivity contribution in [2.24, 2.45) is 0 Å². The van der Waals surface area contributed by atoms with Gasteiger partial charge in [-0.25, -0.2) is 4.68 Å². The zero-order valence-corrected chi connectivity index (χ0v) is 12.7. The van der Waals surface area contributed by atoms with Crippen LogP contribution in [0.3, 0.4) is 0 Å². The van der Waals surface area contributed by atoms with Crippen molar-refractivity contribution in [1.29, 1.82) is 0 Å². The van der Waals surface area contributed by atoms with Crippen LogP contribution in [0.2, 0.25) is 0 Å². The van der Waals surface area contributed by atoms with Gasteiger partial charge in [-0.05, 0) is 45.1 Å². The molecule has 0 aromatic carbocycles. The van der Waals surface area contributed by atoms with E-state index in [1.807, 2.05) is 36.7 Å². The fourth-order valence-corrected chi connectivity index (χ4v) is 2.73. The first kappa shape index (κ1) is 13.1. The number of imidazole rings is 1. The Bertz CT molecular complexity index is 824. The maximum absolute atomic E-state index is 5.44. The summed E-state index contributed by atoms with van der Waals surface area (Å²) in [5, 5.41) is 4.53. The average molecular weight is 287 g/mol. The molecule has 0 spiro atoms. The van der Waals surface area contributed by atoms with Crippen molar-refractivity contribution in [1.82, 2.24) is 24.3 Å². The van der Waals surface area contributed by atoms with Gasteiger partial charge in [0.05, 0.1) is 17.9 Å². The van der Waals surface area contributed by atoms with Crippen molar-refractivity contribution in [2.75, 3.05) is 0 Å². The van der Waals surface area contributed by atoms with E-state index in [0.717, 1.165) is 34.8 Å². The molecule has 0 aliphatic carbocycles. The highest BCUT2D eigenvalue weighted by molar-refractivity contribution is 7.71. The minimum absolute atomic E-state index is 0.658. The van der Waals surface area contributed by atoms with Crippen LogP contribution in [0.25, 0.3) is 11.2 Å². The average Bonchev–Trinajstić information content (AvgIpc) is 2.89. The monoisotopic (exact) mass is 287 g/mol. The number of aromatic nitrogens is 5. The maximum atomic E-state index is 5.44. The molecular formula is C14H17N5S. The summed E-state index contributed by atoms with van der Waals surface area (Å²) in [6.45, 7) is 7.55. The molecule has 0 saturated heterocycles. The molecule has 0 aliphatic rings. The molecule has 20 heavy (non-hydrogen) atoms. The first-order valence-electron chi connectivity index (χ1n) is 6.68.